The number of hydrogen-bond donors (Lipinski definition) is 1. The molecule has 114 valence electrons. The maximum atomic E-state index is 12.1. The van der Waals surface area contributed by atoms with Crippen LogP contribution < -0.4 is 10.2 Å². The molecule has 0 atom stereocenters. The van der Waals surface area contributed by atoms with Gasteiger partial charge >= 0.3 is 0 Å². The Morgan fingerprint density at radius 1 is 1.33 bits per heavy atom. The first-order chi connectivity index (χ1) is 10.0. The molecule has 1 heterocycles. The third kappa shape index (κ3) is 3.49. The Morgan fingerprint density at radius 2 is 2.10 bits per heavy atom. The van der Waals surface area contributed by atoms with Crippen LogP contribution in [-0.2, 0) is 0 Å². The summed E-state index contributed by atoms with van der Waals surface area (Å²) in [5.41, 5.74) is 1.04. The van der Waals surface area contributed by atoms with Gasteiger partial charge in [0.15, 0.2) is 0 Å². The summed E-state index contributed by atoms with van der Waals surface area (Å²) in [7, 11) is 3.33. The van der Waals surface area contributed by atoms with Crippen LogP contribution >= 0.6 is 0 Å². The molecule has 0 unspecified atom stereocenters. The van der Waals surface area contributed by atoms with Crippen LogP contribution in [-0.4, -0.2) is 56.0 Å². The van der Waals surface area contributed by atoms with Crippen LogP contribution in [0.15, 0.2) is 18.2 Å². The fraction of sp³-hybridized carbons (Fsp3) is 0.500. The van der Waals surface area contributed by atoms with Crippen LogP contribution in [0.1, 0.15) is 16.8 Å². The monoisotopic (exact) mass is 292 g/mol. The van der Waals surface area contributed by atoms with Crippen molar-refractivity contribution in [2.75, 3.05) is 45.2 Å². The van der Waals surface area contributed by atoms with Gasteiger partial charge in [0, 0.05) is 45.4 Å². The number of amides is 1. The summed E-state index contributed by atoms with van der Waals surface area (Å²) in [6.07, 6.45) is 0.920. The number of nitrogens with zero attached hydrogens (tertiary/aromatic N) is 3. The lowest BCUT2D eigenvalue weighted by Gasteiger charge is -2.23. The minimum atomic E-state index is -0.391. The second-order valence-corrected chi connectivity index (χ2v) is 5.25. The molecule has 7 heteroatoms. The molecule has 0 aliphatic carbocycles. The Kier molecular flexibility index (Phi) is 4.74. The SMILES string of the molecule is CN(C)C(=O)c1ccc([N+](=O)[O-])c(N2CCCNCC2)c1. The van der Waals surface area contributed by atoms with E-state index in [0.29, 0.717) is 17.8 Å². The van der Waals surface area contributed by atoms with Crippen LogP contribution in [0.25, 0.3) is 0 Å². The van der Waals surface area contributed by atoms with Crippen molar-refractivity contribution in [1.29, 1.82) is 0 Å². The molecular weight excluding hydrogens is 272 g/mol. The summed E-state index contributed by atoms with van der Waals surface area (Å²) in [6.45, 7) is 3.12. The van der Waals surface area contributed by atoms with E-state index in [9.17, 15) is 14.9 Å². The highest BCUT2D eigenvalue weighted by Crippen LogP contribution is 2.30. The van der Waals surface area contributed by atoms with E-state index >= 15 is 0 Å². The molecule has 21 heavy (non-hydrogen) atoms. The normalized spacial score (nSPS) is 15.4. The van der Waals surface area contributed by atoms with Gasteiger partial charge in [0.1, 0.15) is 5.69 Å². The molecule has 0 bridgehead atoms. The van der Waals surface area contributed by atoms with Crippen LogP contribution in [0.5, 0.6) is 0 Å². The van der Waals surface area contributed by atoms with Gasteiger partial charge in [-0.05, 0) is 25.1 Å². The lowest BCUT2D eigenvalue weighted by Crippen LogP contribution is -2.29. The summed E-state index contributed by atoms with van der Waals surface area (Å²) in [6, 6.07) is 4.57. The molecule has 1 aliphatic heterocycles. The Hall–Kier alpha value is -2.15. The van der Waals surface area contributed by atoms with Crippen molar-refractivity contribution in [2.24, 2.45) is 0 Å². The van der Waals surface area contributed by atoms with Gasteiger partial charge in [0.05, 0.1) is 4.92 Å². The quantitative estimate of drug-likeness (QED) is 0.666. The number of carbonyl (C=O) groups is 1. The molecule has 0 spiro atoms. The van der Waals surface area contributed by atoms with Crippen LogP contribution in [0, 0.1) is 10.1 Å². The molecule has 0 aromatic heterocycles. The second kappa shape index (κ2) is 6.53. The fourth-order valence-electron chi connectivity index (χ4n) is 2.41. The molecule has 2 rings (SSSR count). The number of nitro benzene ring substituents is 1. The van der Waals surface area contributed by atoms with Crippen LogP contribution in [0.4, 0.5) is 11.4 Å². The second-order valence-electron chi connectivity index (χ2n) is 5.25. The van der Waals surface area contributed by atoms with Crippen molar-refractivity contribution >= 4 is 17.3 Å². The van der Waals surface area contributed by atoms with Crippen LogP contribution in [0.3, 0.4) is 0 Å². The van der Waals surface area contributed by atoms with Crippen molar-refractivity contribution < 1.29 is 9.72 Å². The summed E-state index contributed by atoms with van der Waals surface area (Å²) in [4.78, 5) is 26.3. The zero-order valence-electron chi connectivity index (χ0n) is 12.3. The largest absolute Gasteiger partial charge is 0.365 e. The molecule has 0 saturated carbocycles. The van der Waals surface area contributed by atoms with E-state index < -0.39 is 4.92 Å². The van der Waals surface area contributed by atoms with Crippen molar-refractivity contribution in [3.8, 4) is 0 Å². The Bertz CT molecular complexity index is 537. The fourth-order valence-corrected chi connectivity index (χ4v) is 2.41. The van der Waals surface area contributed by atoms with Crippen molar-refractivity contribution in [3.63, 3.8) is 0 Å². The molecular formula is C14H20N4O3. The maximum absolute atomic E-state index is 12.1. The predicted molar refractivity (Wildman–Crippen MR) is 80.8 cm³/mol. The van der Waals surface area contributed by atoms with E-state index in [1.54, 1.807) is 20.2 Å². The van der Waals surface area contributed by atoms with Crippen molar-refractivity contribution in [1.82, 2.24) is 10.2 Å². The third-order valence-electron chi connectivity index (χ3n) is 3.51. The number of carbonyl (C=O) groups excluding carboxylic acids is 1. The summed E-state index contributed by atoms with van der Waals surface area (Å²) in [5.74, 6) is -0.154. The van der Waals surface area contributed by atoms with Gasteiger partial charge in [-0.25, -0.2) is 0 Å². The average Bonchev–Trinajstić information content (AvgIpc) is 2.74. The molecule has 1 aliphatic rings. The first kappa shape index (κ1) is 15.2. The van der Waals surface area contributed by atoms with Gasteiger partial charge in [-0.15, -0.1) is 0 Å². The lowest BCUT2D eigenvalue weighted by atomic mass is 10.1. The Morgan fingerprint density at radius 3 is 2.76 bits per heavy atom. The van der Waals surface area contributed by atoms with Gasteiger partial charge in [-0.1, -0.05) is 0 Å². The Balaban J connectivity index is 2.41. The van der Waals surface area contributed by atoms with Gasteiger partial charge in [-0.2, -0.15) is 0 Å². The van der Waals surface area contributed by atoms with E-state index in [2.05, 4.69) is 5.32 Å². The maximum Gasteiger partial charge on any atom is 0.292 e. The number of nitrogens with one attached hydrogen (secondary N) is 1. The lowest BCUT2D eigenvalue weighted by molar-refractivity contribution is -0.384. The minimum absolute atomic E-state index is 0.0483. The molecule has 1 saturated heterocycles. The zero-order valence-corrected chi connectivity index (χ0v) is 12.3. The molecule has 1 aromatic rings. The smallest absolute Gasteiger partial charge is 0.292 e. The van der Waals surface area contributed by atoms with E-state index in [0.717, 1.165) is 26.1 Å². The van der Waals surface area contributed by atoms with E-state index in [1.165, 1.54) is 17.0 Å². The number of rotatable bonds is 3. The molecule has 1 aromatic carbocycles. The molecule has 1 N–H and O–H groups in total. The van der Waals surface area contributed by atoms with Crippen LogP contribution in [0.2, 0.25) is 0 Å². The number of benzene rings is 1. The van der Waals surface area contributed by atoms with E-state index in [4.69, 9.17) is 0 Å². The highest BCUT2D eigenvalue weighted by molar-refractivity contribution is 5.95. The molecule has 1 fully saturated rings. The third-order valence-corrected chi connectivity index (χ3v) is 3.51. The minimum Gasteiger partial charge on any atom is -0.365 e. The van der Waals surface area contributed by atoms with Crippen molar-refractivity contribution in [3.05, 3.63) is 33.9 Å². The highest BCUT2D eigenvalue weighted by atomic mass is 16.6. The number of hydrogen-bond acceptors (Lipinski definition) is 5. The van der Waals surface area contributed by atoms with Gasteiger partial charge < -0.3 is 15.1 Å². The highest BCUT2D eigenvalue weighted by Gasteiger charge is 2.22. The first-order valence-corrected chi connectivity index (χ1v) is 6.96. The zero-order chi connectivity index (χ0) is 15.4. The summed E-state index contributed by atoms with van der Waals surface area (Å²) in [5, 5.41) is 14.5. The average molecular weight is 292 g/mol. The Labute approximate surface area is 123 Å². The molecule has 7 nitrogen and oxygen atoms in total. The molecule has 1 amide bonds. The summed E-state index contributed by atoms with van der Waals surface area (Å²) < 4.78 is 0. The molecule has 0 radical (unpaired) electrons. The first-order valence-electron chi connectivity index (χ1n) is 6.96. The van der Waals surface area contributed by atoms with E-state index in [1.807, 2.05) is 4.90 Å². The van der Waals surface area contributed by atoms with Gasteiger partial charge in [0.2, 0.25) is 0 Å². The van der Waals surface area contributed by atoms with E-state index in [-0.39, 0.29) is 11.6 Å². The summed E-state index contributed by atoms with van der Waals surface area (Å²) >= 11 is 0. The predicted octanol–water partition coefficient (Wildman–Crippen LogP) is 1.10. The van der Waals surface area contributed by atoms with Gasteiger partial charge in [0.25, 0.3) is 11.6 Å². The van der Waals surface area contributed by atoms with Gasteiger partial charge in [-0.3, -0.25) is 14.9 Å². The standard InChI is InChI=1S/C14H20N4O3/c1-16(2)14(19)11-4-5-12(18(20)21)13(10-11)17-8-3-6-15-7-9-17/h4-5,10,15H,3,6-9H2,1-2H3. The number of anilines is 1. The van der Waals surface area contributed by atoms with Crippen molar-refractivity contribution in [2.45, 2.75) is 6.42 Å². The topological polar surface area (TPSA) is 78.7 Å². The number of nitro groups is 1.